The van der Waals surface area contributed by atoms with Gasteiger partial charge in [0, 0.05) is 0 Å². The molecule has 0 heterocycles. The van der Waals surface area contributed by atoms with E-state index in [9.17, 15) is 18.0 Å². The maximum absolute atomic E-state index is 13.0. The predicted molar refractivity (Wildman–Crippen MR) is 65.5 cm³/mol. The van der Waals surface area contributed by atoms with Gasteiger partial charge in [-0.2, -0.15) is 13.2 Å². The van der Waals surface area contributed by atoms with Crippen molar-refractivity contribution in [1.29, 1.82) is 0 Å². The molecule has 0 bridgehead atoms. The van der Waals surface area contributed by atoms with Gasteiger partial charge in [0.15, 0.2) is 0 Å². The smallest absolute Gasteiger partial charge is 0.419 e. The highest BCUT2D eigenvalue weighted by atomic mass is 19.4. The highest BCUT2D eigenvalue weighted by molar-refractivity contribution is 5.79. The molecule has 1 atom stereocenters. The Morgan fingerprint density at radius 1 is 1.30 bits per heavy atom. The fourth-order valence-electron chi connectivity index (χ4n) is 2.30. The number of alkyl halides is 3. The maximum atomic E-state index is 13.0. The van der Waals surface area contributed by atoms with E-state index in [0.29, 0.717) is 5.56 Å². The summed E-state index contributed by atoms with van der Waals surface area (Å²) in [5, 5.41) is 0. The molecule has 1 aliphatic rings. The summed E-state index contributed by atoms with van der Waals surface area (Å²) in [4.78, 5) is 11.8. The SMILES string of the molecule is COC(=O)C(c1ccc(OC)c(C(F)(F)F)c1)C1CC1. The van der Waals surface area contributed by atoms with Gasteiger partial charge in [0.2, 0.25) is 0 Å². The number of hydrogen-bond donors (Lipinski definition) is 0. The number of rotatable bonds is 4. The molecule has 1 unspecified atom stereocenters. The Hall–Kier alpha value is -1.72. The van der Waals surface area contributed by atoms with E-state index in [1.54, 1.807) is 0 Å². The van der Waals surface area contributed by atoms with Crippen molar-refractivity contribution in [1.82, 2.24) is 0 Å². The number of carbonyl (C=O) groups excluding carboxylic acids is 1. The molecule has 0 amide bonds. The topological polar surface area (TPSA) is 35.5 Å². The van der Waals surface area contributed by atoms with Crippen molar-refractivity contribution in [2.24, 2.45) is 5.92 Å². The van der Waals surface area contributed by atoms with E-state index < -0.39 is 23.6 Å². The van der Waals surface area contributed by atoms with Crippen molar-refractivity contribution in [2.75, 3.05) is 14.2 Å². The van der Waals surface area contributed by atoms with E-state index in [0.717, 1.165) is 18.9 Å². The van der Waals surface area contributed by atoms with E-state index in [1.807, 2.05) is 0 Å². The monoisotopic (exact) mass is 288 g/mol. The molecule has 6 heteroatoms. The van der Waals surface area contributed by atoms with Crippen LogP contribution in [0.3, 0.4) is 0 Å². The Morgan fingerprint density at radius 2 is 1.95 bits per heavy atom. The van der Waals surface area contributed by atoms with Crippen LogP contribution < -0.4 is 4.74 Å². The molecule has 2 rings (SSSR count). The zero-order valence-corrected chi connectivity index (χ0v) is 11.2. The van der Waals surface area contributed by atoms with Crippen molar-refractivity contribution < 1.29 is 27.4 Å². The molecule has 0 spiro atoms. The Morgan fingerprint density at radius 3 is 2.40 bits per heavy atom. The zero-order chi connectivity index (χ0) is 14.9. The summed E-state index contributed by atoms with van der Waals surface area (Å²) in [6.45, 7) is 0. The molecular weight excluding hydrogens is 273 g/mol. The highest BCUT2D eigenvalue weighted by Crippen LogP contribution is 2.45. The molecule has 1 fully saturated rings. The second-order valence-electron chi connectivity index (χ2n) is 4.80. The van der Waals surface area contributed by atoms with Crippen molar-refractivity contribution in [3.63, 3.8) is 0 Å². The van der Waals surface area contributed by atoms with Crippen LogP contribution in [-0.4, -0.2) is 20.2 Å². The first-order chi connectivity index (χ1) is 9.38. The van der Waals surface area contributed by atoms with Crippen LogP contribution in [0.5, 0.6) is 5.75 Å². The molecule has 110 valence electrons. The molecule has 0 radical (unpaired) electrons. The number of ether oxygens (including phenoxy) is 2. The third-order valence-electron chi connectivity index (χ3n) is 3.44. The van der Waals surface area contributed by atoms with E-state index in [-0.39, 0.29) is 11.7 Å². The summed E-state index contributed by atoms with van der Waals surface area (Å²) < 4.78 is 48.4. The second-order valence-corrected chi connectivity index (χ2v) is 4.80. The lowest BCUT2D eigenvalue weighted by molar-refractivity contribution is -0.143. The summed E-state index contributed by atoms with van der Waals surface area (Å²) in [5.74, 6) is -1.31. The molecule has 20 heavy (non-hydrogen) atoms. The van der Waals surface area contributed by atoms with Gasteiger partial charge in [0.05, 0.1) is 25.7 Å². The molecule has 1 saturated carbocycles. The van der Waals surface area contributed by atoms with Crippen LogP contribution in [0.4, 0.5) is 13.2 Å². The van der Waals surface area contributed by atoms with Gasteiger partial charge in [-0.25, -0.2) is 0 Å². The third-order valence-corrected chi connectivity index (χ3v) is 3.44. The fraction of sp³-hybridized carbons (Fsp3) is 0.500. The van der Waals surface area contributed by atoms with Crippen molar-refractivity contribution in [3.8, 4) is 5.75 Å². The van der Waals surface area contributed by atoms with Crippen LogP contribution in [0.1, 0.15) is 29.9 Å². The Balaban J connectivity index is 2.43. The van der Waals surface area contributed by atoms with Crippen molar-refractivity contribution in [2.45, 2.75) is 24.9 Å². The largest absolute Gasteiger partial charge is 0.496 e. The molecule has 1 aromatic rings. The number of hydrogen-bond acceptors (Lipinski definition) is 3. The number of esters is 1. The number of carbonyl (C=O) groups is 1. The highest BCUT2D eigenvalue weighted by Gasteiger charge is 2.40. The Kier molecular flexibility index (Phi) is 3.92. The minimum absolute atomic E-state index is 0.0666. The molecular formula is C14H15F3O3. The van der Waals surface area contributed by atoms with E-state index >= 15 is 0 Å². The fourth-order valence-corrected chi connectivity index (χ4v) is 2.30. The quantitative estimate of drug-likeness (QED) is 0.797. The second kappa shape index (κ2) is 5.34. The average molecular weight is 288 g/mol. The number of benzene rings is 1. The molecule has 1 aromatic carbocycles. The van der Waals surface area contributed by atoms with Gasteiger partial charge in [0.1, 0.15) is 5.75 Å². The van der Waals surface area contributed by atoms with Gasteiger partial charge in [0.25, 0.3) is 0 Å². The number of methoxy groups -OCH3 is 2. The minimum atomic E-state index is -4.52. The summed E-state index contributed by atoms with van der Waals surface area (Å²) in [6.07, 6.45) is -2.87. The first kappa shape index (κ1) is 14.7. The van der Waals surface area contributed by atoms with E-state index in [4.69, 9.17) is 9.47 Å². The summed E-state index contributed by atoms with van der Waals surface area (Å²) in [7, 11) is 2.43. The lowest BCUT2D eigenvalue weighted by Crippen LogP contribution is -2.17. The third kappa shape index (κ3) is 2.89. The molecule has 0 aromatic heterocycles. The molecule has 0 aliphatic heterocycles. The van der Waals surface area contributed by atoms with Crippen LogP contribution in [-0.2, 0) is 15.7 Å². The molecule has 1 aliphatic carbocycles. The summed E-state index contributed by atoms with van der Waals surface area (Å²) in [6, 6.07) is 3.73. The van der Waals surface area contributed by atoms with Gasteiger partial charge in [-0.1, -0.05) is 6.07 Å². The minimum Gasteiger partial charge on any atom is -0.496 e. The van der Waals surface area contributed by atoms with Gasteiger partial charge < -0.3 is 9.47 Å². The van der Waals surface area contributed by atoms with Crippen molar-refractivity contribution >= 4 is 5.97 Å². The summed E-state index contributed by atoms with van der Waals surface area (Å²) >= 11 is 0. The zero-order valence-electron chi connectivity index (χ0n) is 11.2. The average Bonchev–Trinajstić information content (AvgIpc) is 3.22. The van der Waals surface area contributed by atoms with Gasteiger partial charge >= 0.3 is 12.1 Å². The Bertz CT molecular complexity index is 507. The first-order valence-corrected chi connectivity index (χ1v) is 6.21. The molecule has 3 nitrogen and oxygen atoms in total. The van der Waals surface area contributed by atoms with Crippen LogP contribution in [0.2, 0.25) is 0 Å². The van der Waals surface area contributed by atoms with E-state index in [1.165, 1.54) is 26.4 Å². The van der Waals surface area contributed by atoms with Crippen LogP contribution in [0.15, 0.2) is 18.2 Å². The lowest BCUT2D eigenvalue weighted by atomic mass is 9.92. The normalized spacial score (nSPS) is 16.6. The predicted octanol–water partition coefficient (Wildman–Crippen LogP) is 3.38. The van der Waals surface area contributed by atoms with Gasteiger partial charge in [-0.05, 0) is 36.5 Å². The standard InChI is InChI=1S/C14H15F3O3/c1-19-11-6-5-9(7-10(11)14(15,16)17)12(8-3-4-8)13(18)20-2/h5-8,12H,3-4H2,1-2H3. The molecule has 0 saturated heterocycles. The van der Waals surface area contributed by atoms with Crippen LogP contribution in [0.25, 0.3) is 0 Å². The van der Waals surface area contributed by atoms with Gasteiger partial charge in [-0.3, -0.25) is 4.79 Å². The Labute approximate surface area is 114 Å². The van der Waals surface area contributed by atoms with Crippen LogP contribution >= 0.6 is 0 Å². The summed E-state index contributed by atoms with van der Waals surface area (Å²) in [5.41, 5.74) is -0.542. The van der Waals surface area contributed by atoms with E-state index in [2.05, 4.69) is 0 Å². The lowest BCUT2D eigenvalue weighted by Gasteiger charge is -2.18. The van der Waals surface area contributed by atoms with Gasteiger partial charge in [-0.15, -0.1) is 0 Å². The first-order valence-electron chi connectivity index (χ1n) is 6.21. The number of halogens is 3. The van der Waals surface area contributed by atoms with Crippen LogP contribution in [0, 0.1) is 5.92 Å². The van der Waals surface area contributed by atoms with Crippen molar-refractivity contribution in [3.05, 3.63) is 29.3 Å². The maximum Gasteiger partial charge on any atom is 0.419 e. The molecule has 0 N–H and O–H groups in total.